The Bertz CT molecular complexity index is 354. The molecule has 0 radical (unpaired) electrons. The van der Waals surface area contributed by atoms with Crippen LogP contribution in [0, 0.1) is 12.8 Å². The second-order valence-electron chi connectivity index (χ2n) is 4.83. The maximum Gasteiger partial charge on any atom is -0.0159 e. The molecule has 0 aliphatic heterocycles. The molecular formula is C17H26. The van der Waals surface area contributed by atoms with Crippen LogP contribution >= 0.6 is 0 Å². The van der Waals surface area contributed by atoms with E-state index in [0.29, 0.717) is 0 Å². The Morgan fingerprint density at radius 1 is 1.12 bits per heavy atom. The van der Waals surface area contributed by atoms with E-state index in [1.165, 1.54) is 36.8 Å². The van der Waals surface area contributed by atoms with Crippen LogP contribution in [0.2, 0.25) is 0 Å². The Labute approximate surface area is 107 Å². The first-order valence-electron chi connectivity index (χ1n) is 6.96. The summed E-state index contributed by atoms with van der Waals surface area (Å²) in [6.45, 7) is 8.97. The Morgan fingerprint density at radius 3 is 2.18 bits per heavy atom. The summed E-state index contributed by atoms with van der Waals surface area (Å²) in [6, 6.07) is 8.76. The highest BCUT2D eigenvalue weighted by atomic mass is 14.2. The molecule has 0 heterocycles. The quantitative estimate of drug-likeness (QED) is 0.595. The monoisotopic (exact) mass is 230 g/mol. The highest BCUT2D eigenvalue weighted by Gasteiger charge is 2.14. The first-order valence-corrected chi connectivity index (χ1v) is 6.96. The minimum absolute atomic E-state index is 0.732. The number of allylic oxidation sites excluding steroid dienone is 2. The molecule has 0 spiro atoms. The molecule has 0 bridgehead atoms. The van der Waals surface area contributed by atoms with Crippen LogP contribution < -0.4 is 0 Å². The molecule has 0 atom stereocenters. The van der Waals surface area contributed by atoms with Crippen molar-refractivity contribution in [1.82, 2.24) is 0 Å². The highest BCUT2D eigenvalue weighted by Crippen LogP contribution is 2.32. The van der Waals surface area contributed by atoms with Gasteiger partial charge in [-0.15, -0.1) is 0 Å². The van der Waals surface area contributed by atoms with Gasteiger partial charge < -0.3 is 0 Å². The number of hydrogen-bond acceptors (Lipinski definition) is 0. The fraction of sp³-hybridized carbons (Fsp3) is 0.529. The predicted octanol–water partition coefficient (Wildman–Crippen LogP) is 5.61. The van der Waals surface area contributed by atoms with Crippen LogP contribution in [0.15, 0.2) is 30.3 Å². The summed E-state index contributed by atoms with van der Waals surface area (Å²) in [5.41, 5.74) is 4.39. The van der Waals surface area contributed by atoms with Crippen LogP contribution in [-0.2, 0) is 0 Å². The van der Waals surface area contributed by atoms with E-state index in [1.54, 1.807) is 5.57 Å². The summed E-state index contributed by atoms with van der Waals surface area (Å²) in [5, 5.41) is 0. The molecule has 0 fully saturated rings. The summed E-state index contributed by atoms with van der Waals surface area (Å²) >= 11 is 0. The van der Waals surface area contributed by atoms with Crippen LogP contribution in [-0.4, -0.2) is 0 Å². The standard InChI is InChI=1S/C17H26/c1-5-10-15(11-6-2)16(7-3)17-13-9-8-12-14(17)4/h7-9,12-13,15H,5-6,10-11H2,1-4H3/b16-7-. The third kappa shape index (κ3) is 3.73. The van der Waals surface area contributed by atoms with Gasteiger partial charge in [0.05, 0.1) is 0 Å². The maximum absolute atomic E-state index is 2.32. The topological polar surface area (TPSA) is 0 Å². The minimum Gasteiger partial charge on any atom is -0.0836 e. The molecule has 0 amide bonds. The number of benzene rings is 1. The van der Waals surface area contributed by atoms with Gasteiger partial charge in [-0.1, -0.05) is 57.0 Å². The lowest BCUT2D eigenvalue weighted by molar-refractivity contribution is 0.543. The third-order valence-electron chi connectivity index (χ3n) is 3.48. The minimum atomic E-state index is 0.732. The van der Waals surface area contributed by atoms with E-state index in [4.69, 9.17) is 0 Å². The van der Waals surface area contributed by atoms with Crippen molar-refractivity contribution in [2.75, 3.05) is 0 Å². The van der Waals surface area contributed by atoms with Crippen molar-refractivity contribution >= 4 is 5.57 Å². The molecule has 94 valence electrons. The Morgan fingerprint density at radius 2 is 1.71 bits per heavy atom. The smallest absolute Gasteiger partial charge is 0.0159 e. The Hall–Kier alpha value is -1.04. The van der Waals surface area contributed by atoms with Gasteiger partial charge in [0.1, 0.15) is 0 Å². The molecule has 17 heavy (non-hydrogen) atoms. The zero-order chi connectivity index (χ0) is 12.7. The van der Waals surface area contributed by atoms with Gasteiger partial charge in [-0.05, 0) is 49.3 Å². The molecule has 1 aromatic rings. The second-order valence-corrected chi connectivity index (χ2v) is 4.83. The van der Waals surface area contributed by atoms with Crippen molar-refractivity contribution in [2.45, 2.75) is 53.4 Å². The summed E-state index contributed by atoms with van der Waals surface area (Å²) in [5.74, 6) is 0.732. The lowest BCUT2D eigenvalue weighted by atomic mass is 9.84. The average Bonchev–Trinajstić information content (AvgIpc) is 2.33. The van der Waals surface area contributed by atoms with Crippen LogP contribution in [0.5, 0.6) is 0 Å². The first-order chi connectivity index (χ1) is 8.24. The van der Waals surface area contributed by atoms with Crippen LogP contribution in [0.1, 0.15) is 57.6 Å². The molecule has 1 rings (SSSR count). The van der Waals surface area contributed by atoms with Crippen LogP contribution in [0.4, 0.5) is 0 Å². The third-order valence-corrected chi connectivity index (χ3v) is 3.48. The molecule has 1 aromatic carbocycles. The predicted molar refractivity (Wildman–Crippen MR) is 78.1 cm³/mol. The van der Waals surface area contributed by atoms with Gasteiger partial charge in [-0.2, -0.15) is 0 Å². The Kier molecular flexibility index (Phi) is 6.04. The molecule has 0 nitrogen and oxygen atoms in total. The molecule has 0 saturated heterocycles. The summed E-state index contributed by atoms with van der Waals surface area (Å²) in [6.07, 6.45) is 7.48. The summed E-state index contributed by atoms with van der Waals surface area (Å²) < 4.78 is 0. The normalized spacial score (nSPS) is 12.2. The first kappa shape index (κ1) is 14.0. The van der Waals surface area contributed by atoms with E-state index in [2.05, 4.69) is 58.0 Å². The number of hydrogen-bond donors (Lipinski definition) is 0. The van der Waals surface area contributed by atoms with E-state index in [-0.39, 0.29) is 0 Å². The molecule has 0 aromatic heterocycles. The van der Waals surface area contributed by atoms with Gasteiger partial charge in [-0.25, -0.2) is 0 Å². The van der Waals surface area contributed by atoms with E-state index < -0.39 is 0 Å². The van der Waals surface area contributed by atoms with E-state index in [0.717, 1.165) is 5.92 Å². The van der Waals surface area contributed by atoms with E-state index in [1.807, 2.05) is 0 Å². The lowest BCUT2D eigenvalue weighted by Gasteiger charge is -2.21. The molecule has 0 aliphatic carbocycles. The second kappa shape index (κ2) is 7.32. The van der Waals surface area contributed by atoms with Crippen molar-refractivity contribution < 1.29 is 0 Å². The molecule has 0 heteroatoms. The number of rotatable bonds is 6. The molecule has 0 aliphatic rings. The van der Waals surface area contributed by atoms with Gasteiger partial charge >= 0.3 is 0 Å². The highest BCUT2D eigenvalue weighted by molar-refractivity contribution is 5.69. The lowest BCUT2D eigenvalue weighted by Crippen LogP contribution is -2.04. The van der Waals surface area contributed by atoms with E-state index >= 15 is 0 Å². The van der Waals surface area contributed by atoms with Gasteiger partial charge in [-0.3, -0.25) is 0 Å². The molecule has 0 unspecified atom stereocenters. The Balaban J connectivity index is 3.01. The molecular weight excluding hydrogens is 204 g/mol. The van der Waals surface area contributed by atoms with Crippen molar-refractivity contribution in [3.63, 3.8) is 0 Å². The van der Waals surface area contributed by atoms with Gasteiger partial charge in [0.2, 0.25) is 0 Å². The van der Waals surface area contributed by atoms with Crippen LogP contribution in [0.3, 0.4) is 0 Å². The van der Waals surface area contributed by atoms with Crippen LogP contribution in [0.25, 0.3) is 5.57 Å². The number of aryl methyl sites for hydroxylation is 1. The summed E-state index contributed by atoms with van der Waals surface area (Å²) in [7, 11) is 0. The van der Waals surface area contributed by atoms with Gasteiger partial charge in [0.25, 0.3) is 0 Å². The zero-order valence-corrected chi connectivity index (χ0v) is 11.8. The van der Waals surface area contributed by atoms with Crippen molar-refractivity contribution in [1.29, 1.82) is 0 Å². The van der Waals surface area contributed by atoms with Gasteiger partial charge in [0.15, 0.2) is 0 Å². The molecule has 0 N–H and O–H groups in total. The average molecular weight is 230 g/mol. The fourth-order valence-corrected chi connectivity index (χ4v) is 2.66. The van der Waals surface area contributed by atoms with E-state index in [9.17, 15) is 0 Å². The van der Waals surface area contributed by atoms with Gasteiger partial charge in [0, 0.05) is 0 Å². The SMILES string of the molecule is C/C=C(\c1ccccc1C)C(CCC)CCC. The zero-order valence-electron chi connectivity index (χ0n) is 11.8. The van der Waals surface area contributed by atoms with Crippen molar-refractivity contribution in [3.8, 4) is 0 Å². The molecule has 0 saturated carbocycles. The fourth-order valence-electron chi connectivity index (χ4n) is 2.66. The van der Waals surface area contributed by atoms with Crippen molar-refractivity contribution in [3.05, 3.63) is 41.5 Å². The maximum atomic E-state index is 2.32. The largest absolute Gasteiger partial charge is 0.0836 e. The van der Waals surface area contributed by atoms with Crippen molar-refractivity contribution in [2.24, 2.45) is 5.92 Å². The summed E-state index contributed by atoms with van der Waals surface area (Å²) in [4.78, 5) is 0.